The molecule has 0 N–H and O–H groups in total. The zero-order valence-electron chi connectivity index (χ0n) is 31.8. The van der Waals surface area contributed by atoms with Gasteiger partial charge in [-0.3, -0.25) is 0 Å². The van der Waals surface area contributed by atoms with Gasteiger partial charge in [-0.1, -0.05) is 159 Å². The Hall–Kier alpha value is -7.16. The number of nitrogens with zero attached hydrogens (tertiary/aromatic N) is 2. The third-order valence-electron chi connectivity index (χ3n) is 12.0. The number of hydrogen-bond acceptors (Lipinski definition) is 1. The topological polar surface area (TPSA) is 8.17 Å². The monoisotopic (exact) mass is 728 g/mol. The normalized spacial score (nSPS) is 14.2. The fraction of sp³-hybridized carbons (Fsp3) is 0.0545. The molecular weight excluding hydrogens is 689 g/mol. The highest BCUT2D eigenvalue weighted by Gasteiger charge is 2.22. The van der Waals surface area contributed by atoms with Gasteiger partial charge in [0.25, 0.3) is 0 Å². The molecule has 0 spiro atoms. The Bertz CT molecular complexity index is 3180. The summed E-state index contributed by atoms with van der Waals surface area (Å²) in [5.74, 6) is 0.437. The van der Waals surface area contributed by atoms with Crippen LogP contribution in [0.1, 0.15) is 18.9 Å². The van der Waals surface area contributed by atoms with Crippen molar-refractivity contribution in [1.82, 2.24) is 4.57 Å². The molecule has 0 aliphatic heterocycles. The van der Waals surface area contributed by atoms with Crippen molar-refractivity contribution in [2.24, 2.45) is 5.92 Å². The molecule has 0 saturated heterocycles. The average molecular weight is 729 g/mol. The highest BCUT2D eigenvalue weighted by atomic mass is 15.1. The number of fused-ring (bicyclic) bond motifs is 9. The molecule has 1 aliphatic rings. The van der Waals surface area contributed by atoms with E-state index >= 15 is 0 Å². The van der Waals surface area contributed by atoms with Crippen LogP contribution in [0.25, 0.3) is 76.5 Å². The van der Waals surface area contributed by atoms with Gasteiger partial charge in [-0.15, -0.1) is 0 Å². The Kier molecular flexibility index (Phi) is 7.89. The largest absolute Gasteiger partial charge is 0.310 e. The molecule has 1 heterocycles. The van der Waals surface area contributed by atoms with Crippen LogP contribution >= 0.6 is 0 Å². The minimum Gasteiger partial charge on any atom is -0.310 e. The van der Waals surface area contributed by atoms with Crippen molar-refractivity contribution in [3.8, 4) is 16.8 Å². The van der Waals surface area contributed by atoms with E-state index in [9.17, 15) is 0 Å². The van der Waals surface area contributed by atoms with Gasteiger partial charge >= 0.3 is 0 Å². The number of rotatable bonds is 6. The first-order valence-electron chi connectivity index (χ1n) is 20.0. The molecule has 2 heteroatoms. The fourth-order valence-electron chi connectivity index (χ4n) is 9.33. The lowest BCUT2D eigenvalue weighted by Crippen LogP contribution is -2.11. The molecule has 0 fully saturated rings. The van der Waals surface area contributed by atoms with E-state index in [1.807, 2.05) is 0 Å². The molecule has 11 rings (SSSR count). The summed E-state index contributed by atoms with van der Waals surface area (Å²) in [7, 11) is 0. The summed E-state index contributed by atoms with van der Waals surface area (Å²) in [6.45, 7) is 2.34. The molecule has 2 nitrogen and oxygen atoms in total. The van der Waals surface area contributed by atoms with Crippen LogP contribution < -0.4 is 4.90 Å². The lowest BCUT2D eigenvalue weighted by Gasteiger charge is -2.28. The minimum atomic E-state index is 0.437. The van der Waals surface area contributed by atoms with Gasteiger partial charge in [0.1, 0.15) is 0 Å². The van der Waals surface area contributed by atoms with E-state index in [0.29, 0.717) is 5.92 Å². The van der Waals surface area contributed by atoms with Gasteiger partial charge in [-0.2, -0.15) is 0 Å². The van der Waals surface area contributed by atoms with E-state index < -0.39 is 0 Å². The minimum absolute atomic E-state index is 0.437. The summed E-state index contributed by atoms with van der Waals surface area (Å²) in [6.07, 6.45) is 7.85. The molecule has 0 bridgehead atoms. The molecule has 57 heavy (non-hydrogen) atoms. The molecule has 9 aromatic carbocycles. The quantitative estimate of drug-likeness (QED) is 0.155. The van der Waals surface area contributed by atoms with Crippen molar-refractivity contribution >= 4 is 76.8 Å². The number of hydrogen-bond donors (Lipinski definition) is 0. The fourth-order valence-corrected chi connectivity index (χ4v) is 9.33. The van der Waals surface area contributed by atoms with Gasteiger partial charge < -0.3 is 9.47 Å². The molecule has 1 aliphatic carbocycles. The first-order chi connectivity index (χ1) is 28.2. The highest BCUT2D eigenvalue weighted by Crippen LogP contribution is 2.46. The summed E-state index contributed by atoms with van der Waals surface area (Å²) in [5, 5.41) is 10.0. The second kappa shape index (κ2) is 13.5. The van der Waals surface area contributed by atoms with Crippen molar-refractivity contribution in [3.63, 3.8) is 0 Å². The Morgan fingerprint density at radius 3 is 1.79 bits per heavy atom. The van der Waals surface area contributed by atoms with Gasteiger partial charge in [0, 0.05) is 33.2 Å². The van der Waals surface area contributed by atoms with Crippen LogP contribution in [0.5, 0.6) is 0 Å². The Morgan fingerprint density at radius 2 is 1.05 bits per heavy atom. The lowest BCUT2D eigenvalue weighted by molar-refractivity contribution is 0.758. The van der Waals surface area contributed by atoms with Gasteiger partial charge in [0.15, 0.2) is 0 Å². The first kappa shape index (κ1) is 33.2. The molecule has 1 atom stereocenters. The number of allylic oxidation sites excluding steroid dienone is 4. The van der Waals surface area contributed by atoms with Crippen LogP contribution in [0.15, 0.2) is 206 Å². The summed E-state index contributed by atoms with van der Waals surface area (Å²) >= 11 is 0. The Labute approximate surface area is 332 Å². The van der Waals surface area contributed by atoms with E-state index in [4.69, 9.17) is 0 Å². The van der Waals surface area contributed by atoms with Crippen molar-refractivity contribution < 1.29 is 0 Å². The van der Waals surface area contributed by atoms with Crippen molar-refractivity contribution in [3.05, 3.63) is 212 Å². The number of para-hydroxylation sites is 2. The van der Waals surface area contributed by atoms with Gasteiger partial charge in [0.05, 0.1) is 16.7 Å². The number of anilines is 3. The molecular formula is C55H40N2. The van der Waals surface area contributed by atoms with Crippen LogP contribution in [0, 0.1) is 5.92 Å². The molecule has 0 saturated carbocycles. The zero-order chi connectivity index (χ0) is 37.9. The maximum atomic E-state index is 2.49. The summed E-state index contributed by atoms with van der Waals surface area (Å²) in [4.78, 5) is 2.46. The van der Waals surface area contributed by atoms with Gasteiger partial charge in [-0.05, 0) is 116 Å². The molecule has 10 aromatic rings. The lowest BCUT2D eigenvalue weighted by atomic mass is 9.86. The molecule has 1 unspecified atom stereocenters. The van der Waals surface area contributed by atoms with E-state index in [-0.39, 0.29) is 0 Å². The third kappa shape index (κ3) is 5.48. The van der Waals surface area contributed by atoms with Crippen LogP contribution in [0.4, 0.5) is 17.1 Å². The van der Waals surface area contributed by atoms with Gasteiger partial charge in [0.2, 0.25) is 0 Å². The maximum Gasteiger partial charge on any atom is 0.0561 e. The number of aromatic nitrogens is 1. The summed E-state index contributed by atoms with van der Waals surface area (Å²) in [6, 6.07) is 69.2. The predicted octanol–water partition coefficient (Wildman–Crippen LogP) is 15.4. The zero-order valence-corrected chi connectivity index (χ0v) is 31.8. The maximum absolute atomic E-state index is 2.49. The smallest absolute Gasteiger partial charge is 0.0561 e. The molecule has 0 radical (unpaired) electrons. The second-order valence-corrected chi connectivity index (χ2v) is 15.3. The molecule has 1 aromatic heterocycles. The highest BCUT2D eigenvalue weighted by molar-refractivity contribution is 6.28. The Morgan fingerprint density at radius 1 is 0.456 bits per heavy atom. The van der Waals surface area contributed by atoms with Crippen molar-refractivity contribution in [1.29, 1.82) is 0 Å². The van der Waals surface area contributed by atoms with Crippen LogP contribution in [-0.2, 0) is 0 Å². The average Bonchev–Trinajstić information content (AvgIpc) is 3.61. The molecule has 270 valence electrons. The predicted molar refractivity (Wildman–Crippen MR) is 244 cm³/mol. The van der Waals surface area contributed by atoms with E-state index in [2.05, 4.69) is 223 Å². The summed E-state index contributed by atoms with van der Waals surface area (Å²) in [5.41, 5.74) is 12.0. The number of benzene rings is 9. The molecule has 0 amide bonds. The first-order valence-corrected chi connectivity index (χ1v) is 20.0. The summed E-state index contributed by atoms with van der Waals surface area (Å²) < 4.78 is 2.49. The van der Waals surface area contributed by atoms with Crippen LogP contribution in [0.2, 0.25) is 0 Å². The van der Waals surface area contributed by atoms with Crippen LogP contribution in [-0.4, -0.2) is 4.57 Å². The van der Waals surface area contributed by atoms with E-state index in [0.717, 1.165) is 29.2 Å². The van der Waals surface area contributed by atoms with Crippen molar-refractivity contribution in [2.75, 3.05) is 4.90 Å². The third-order valence-corrected chi connectivity index (χ3v) is 12.0. The van der Waals surface area contributed by atoms with E-state index in [1.165, 1.54) is 76.4 Å². The second-order valence-electron chi connectivity index (χ2n) is 15.3. The SMILES string of the molecule is CC1CC=CC=C1c1cc(-c2ccccc2)cc(-n2c3ccccc3c3ccc(N(c4ccccc4)c4cccc5c6ccccc6c6ccccc6c45)cc32)c1. The Balaban J connectivity index is 1.20. The van der Waals surface area contributed by atoms with Crippen molar-refractivity contribution in [2.45, 2.75) is 13.3 Å². The van der Waals surface area contributed by atoms with Crippen LogP contribution in [0.3, 0.4) is 0 Å². The van der Waals surface area contributed by atoms with Gasteiger partial charge in [-0.25, -0.2) is 0 Å². The van der Waals surface area contributed by atoms with E-state index in [1.54, 1.807) is 0 Å². The standard InChI is InChI=1S/C55H40N2/c1-37-17-8-9-22-44(37)40-33-39(38-18-4-2-5-19-38)34-43(35-40)57-52-29-15-14-26-48(52)49-32-31-42(36-54(49)57)56(41-20-6-3-7-21-41)53-30-16-28-51-47-24-11-10-23-45(47)46-25-12-13-27-50(46)55(51)53/h2-16,18-37H,17H2,1H3.